The van der Waals surface area contributed by atoms with Gasteiger partial charge in [-0.05, 0) is 19.1 Å². The van der Waals surface area contributed by atoms with Gasteiger partial charge in [0.1, 0.15) is 0 Å². The van der Waals surface area contributed by atoms with Crippen molar-refractivity contribution >= 4 is 26.7 Å². The second kappa shape index (κ2) is 4.59. The number of rotatable bonds is 4. The molecule has 0 unspecified atom stereocenters. The lowest BCUT2D eigenvalue weighted by molar-refractivity contribution is 0.814. The molecule has 0 saturated heterocycles. The largest absolute Gasteiger partial charge is 0.347 e. The lowest BCUT2D eigenvalue weighted by Gasteiger charge is -2.17. The number of nitrogens with two attached hydrogens (primary N) is 1. The van der Waals surface area contributed by atoms with E-state index >= 15 is 0 Å². The summed E-state index contributed by atoms with van der Waals surface area (Å²) in [7, 11) is 0. The highest BCUT2D eigenvalue weighted by Crippen LogP contribution is 2.27. The van der Waals surface area contributed by atoms with Crippen molar-refractivity contribution in [3.63, 3.8) is 0 Å². The van der Waals surface area contributed by atoms with E-state index in [1.54, 1.807) is 11.3 Å². The summed E-state index contributed by atoms with van der Waals surface area (Å²) in [5.74, 6) is 0. The van der Waals surface area contributed by atoms with E-state index in [1.807, 2.05) is 18.2 Å². The quantitative estimate of drug-likeness (QED) is 0.859. The molecule has 0 aliphatic rings. The van der Waals surface area contributed by atoms with E-state index in [9.17, 15) is 0 Å². The third-order valence-corrected chi connectivity index (χ3v) is 3.43. The third-order valence-electron chi connectivity index (χ3n) is 2.33. The van der Waals surface area contributed by atoms with Crippen LogP contribution in [0.1, 0.15) is 6.92 Å². The molecule has 0 spiro atoms. The van der Waals surface area contributed by atoms with Crippen LogP contribution in [-0.4, -0.2) is 24.6 Å². The molecule has 0 amide bonds. The van der Waals surface area contributed by atoms with Crippen molar-refractivity contribution < 1.29 is 0 Å². The zero-order chi connectivity index (χ0) is 10.7. The topological polar surface area (TPSA) is 42.1 Å². The van der Waals surface area contributed by atoms with Crippen molar-refractivity contribution in [2.75, 3.05) is 24.5 Å². The number of aromatic nitrogens is 1. The molecule has 15 heavy (non-hydrogen) atoms. The zero-order valence-corrected chi connectivity index (χ0v) is 9.63. The average Bonchev–Trinajstić information content (AvgIpc) is 2.69. The van der Waals surface area contributed by atoms with Crippen LogP contribution in [0.4, 0.5) is 5.13 Å². The Hall–Kier alpha value is -1.13. The second-order valence-corrected chi connectivity index (χ2v) is 4.34. The normalized spacial score (nSPS) is 10.8. The summed E-state index contributed by atoms with van der Waals surface area (Å²) in [6.07, 6.45) is 0. The fourth-order valence-corrected chi connectivity index (χ4v) is 2.60. The molecule has 0 atom stereocenters. The van der Waals surface area contributed by atoms with Crippen LogP contribution in [-0.2, 0) is 0 Å². The highest BCUT2D eigenvalue weighted by Gasteiger charge is 2.08. The van der Waals surface area contributed by atoms with Crippen LogP contribution in [0.5, 0.6) is 0 Å². The molecular formula is C11H15N3S. The van der Waals surface area contributed by atoms with Gasteiger partial charge < -0.3 is 10.6 Å². The van der Waals surface area contributed by atoms with Gasteiger partial charge in [-0.15, -0.1) is 0 Å². The zero-order valence-electron chi connectivity index (χ0n) is 8.81. The fraction of sp³-hybridized carbons (Fsp3) is 0.364. The van der Waals surface area contributed by atoms with E-state index in [0.29, 0.717) is 6.54 Å². The molecule has 0 bridgehead atoms. The van der Waals surface area contributed by atoms with Gasteiger partial charge in [0.15, 0.2) is 5.13 Å². The predicted octanol–water partition coefficient (Wildman–Crippen LogP) is 2.08. The van der Waals surface area contributed by atoms with E-state index in [0.717, 1.165) is 23.7 Å². The van der Waals surface area contributed by atoms with Crippen LogP contribution in [0.2, 0.25) is 0 Å². The van der Waals surface area contributed by atoms with Crippen LogP contribution >= 0.6 is 11.3 Å². The maximum atomic E-state index is 5.57. The number of para-hydroxylation sites is 1. The number of hydrogen-bond acceptors (Lipinski definition) is 4. The smallest absolute Gasteiger partial charge is 0.186 e. The van der Waals surface area contributed by atoms with Gasteiger partial charge in [-0.3, -0.25) is 0 Å². The summed E-state index contributed by atoms with van der Waals surface area (Å²) in [5, 5.41) is 1.07. The van der Waals surface area contributed by atoms with E-state index in [-0.39, 0.29) is 0 Å². The SMILES string of the molecule is CCN(CCN)c1nc2ccccc2s1. The van der Waals surface area contributed by atoms with Crippen LogP contribution < -0.4 is 10.6 Å². The Labute approximate surface area is 93.5 Å². The van der Waals surface area contributed by atoms with Crippen LogP contribution in [0, 0.1) is 0 Å². The molecule has 80 valence electrons. The molecular weight excluding hydrogens is 206 g/mol. The summed E-state index contributed by atoms with van der Waals surface area (Å²) >= 11 is 1.73. The van der Waals surface area contributed by atoms with Gasteiger partial charge in [-0.25, -0.2) is 4.98 Å². The molecule has 0 aliphatic carbocycles. The molecule has 0 fully saturated rings. The number of anilines is 1. The molecule has 0 aliphatic heterocycles. The minimum Gasteiger partial charge on any atom is -0.347 e. The van der Waals surface area contributed by atoms with Crippen molar-refractivity contribution in [1.29, 1.82) is 0 Å². The average molecular weight is 221 g/mol. The molecule has 0 saturated carbocycles. The highest BCUT2D eigenvalue weighted by molar-refractivity contribution is 7.22. The van der Waals surface area contributed by atoms with Crippen LogP contribution in [0.15, 0.2) is 24.3 Å². The number of hydrogen-bond donors (Lipinski definition) is 1. The predicted molar refractivity (Wildman–Crippen MR) is 66.6 cm³/mol. The third kappa shape index (κ3) is 2.11. The van der Waals surface area contributed by atoms with Crippen LogP contribution in [0.3, 0.4) is 0 Å². The van der Waals surface area contributed by atoms with Gasteiger partial charge in [-0.1, -0.05) is 23.5 Å². The number of thiazole rings is 1. The Bertz CT molecular complexity index is 405. The lowest BCUT2D eigenvalue weighted by atomic mass is 10.3. The fourth-order valence-electron chi connectivity index (χ4n) is 1.54. The molecule has 2 N–H and O–H groups in total. The first kappa shape index (κ1) is 10.4. The first-order valence-electron chi connectivity index (χ1n) is 5.15. The maximum absolute atomic E-state index is 5.57. The van der Waals surface area contributed by atoms with Crippen LogP contribution in [0.25, 0.3) is 10.2 Å². The second-order valence-electron chi connectivity index (χ2n) is 3.33. The Balaban J connectivity index is 2.34. The monoisotopic (exact) mass is 221 g/mol. The summed E-state index contributed by atoms with van der Waals surface area (Å²) in [5.41, 5.74) is 6.65. The summed E-state index contributed by atoms with van der Waals surface area (Å²) < 4.78 is 1.24. The van der Waals surface area contributed by atoms with E-state index in [1.165, 1.54) is 4.70 Å². The molecule has 1 heterocycles. The molecule has 3 nitrogen and oxygen atoms in total. The molecule has 0 radical (unpaired) electrons. The van der Waals surface area contributed by atoms with Crippen molar-refractivity contribution in [3.8, 4) is 0 Å². The van der Waals surface area contributed by atoms with Gasteiger partial charge in [0, 0.05) is 19.6 Å². The minimum absolute atomic E-state index is 0.670. The van der Waals surface area contributed by atoms with Crippen molar-refractivity contribution in [2.24, 2.45) is 5.73 Å². The number of nitrogens with zero attached hydrogens (tertiary/aromatic N) is 2. The first-order chi connectivity index (χ1) is 7.35. The molecule has 4 heteroatoms. The van der Waals surface area contributed by atoms with E-state index in [4.69, 9.17) is 5.73 Å². The van der Waals surface area contributed by atoms with Gasteiger partial charge in [-0.2, -0.15) is 0 Å². The lowest BCUT2D eigenvalue weighted by Crippen LogP contribution is -2.28. The minimum atomic E-state index is 0.670. The van der Waals surface area contributed by atoms with E-state index < -0.39 is 0 Å². The van der Waals surface area contributed by atoms with Crippen molar-refractivity contribution in [2.45, 2.75) is 6.92 Å². The number of fused-ring (bicyclic) bond motifs is 1. The molecule has 1 aromatic carbocycles. The van der Waals surface area contributed by atoms with Crippen molar-refractivity contribution in [3.05, 3.63) is 24.3 Å². The van der Waals surface area contributed by atoms with Gasteiger partial charge in [0.05, 0.1) is 10.2 Å². The van der Waals surface area contributed by atoms with Crippen molar-refractivity contribution in [1.82, 2.24) is 4.98 Å². The Morgan fingerprint density at radius 1 is 1.40 bits per heavy atom. The van der Waals surface area contributed by atoms with E-state index in [2.05, 4.69) is 22.9 Å². The summed E-state index contributed by atoms with van der Waals surface area (Å²) in [6, 6.07) is 8.22. The standard InChI is InChI=1S/C11H15N3S/c1-2-14(8-7-12)11-13-9-5-3-4-6-10(9)15-11/h3-6H,2,7-8,12H2,1H3. The molecule has 2 aromatic rings. The summed E-state index contributed by atoms with van der Waals surface area (Å²) in [6.45, 7) is 4.62. The van der Waals surface area contributed by atoms with Gasteiger partial charge in [0.25, 0.3) is 0 Å². The Morgan fingerprint density at radius 3 is 2.87 bits per heavy atom. The maximum Gasteiger partial charge on any atom is 0.186 e. The molecule has 1 aromatic heterocycles. The number of likely N-dealkylation sites (N-methyl/N-ethyl adjacent to an activating group) is 1. The molecule has 2 rings (SSSR count). The first-order valence-corrected chi connectivity index (χ1v) is 5.97. The number of benzene rings is 1. The Kier molecular flexibility index (Phi) is 3.18. The Morgan fingerprint density at radius 2 is 2.20 bits per heavy atom. The van der Waals surface area contributed by atoms with Gasteiger partial charge >= 0.3 is 0 Å². The summed E-state index contributed by atoms with van der Waals surface area (Å²) in [4.78, 5) is 6.80. The van der Waals surface area contributed by atoms with Gasteiger partial charge in [0.2, 0.25) is 0 Å². The highest BCUT2D eigenvalue weighted by atomic mass is 32.1.